The van der Waals surface area contributed by atoms with Crippen molar-refractivity contribution in [3.8, 4) is 11.8 Å². The van der Waals surface area contributed by atoms with Crippen LogP contribution >= 0.6 is 0 Å². The van der Waals surface area contributed by atoms with Crippen LogP contribution in [0.25, 0.3) is 0 Å². The zero-order chi connectivity index (χ0) is 16.1. The van der Waals surface area contributed by atoms with Crippen molar-refractivity contribution in [1.82, 2.24) is 0 Å². The molecule has 0 fully saturated rings. The maximum Gasteiger partial charge on any atom is 0.311 e. The Morgan fingerprint density at radius 2 is 1.95 bits per heavy atom. The molecule has 0 aliphatic carbocycles. The summed E-state index contributed by atoms with van der Waals surface area (Å²) < 4.78 is 5.30. The van der Waals surface area contributed by atoms with Gasteiger partial charge in [0.05, 0.1) is 24.7 Å². The van der Waals surface area contributed by atoms with Gasteiger partial charge in [0.15, 0.2) is 0 Å². The van der Waals surface area contributed by atoms with E-state index in [0.717, 1.165) is 11.1 Å². The van der Waals surface area contributed by atoms with Crippen LogP contribution in [-0.4, -0.2) is 18.2 Å². The van der Waals surface area contributed by atoms with Crippen molar-refractivity contribution in [2.75, 3.05) is 7.11 Å². The quantitative estimate of drug-likeness (QED) is 0.919. The topological polar surface area (TPSA) is 70.3 Å². The molecule has 0 aromatic heterocycles. The first kappa shape index (κ1) is 15.6. The van der Waals surface area contributed by atoms with Gasteiger partial charge >= 0.3 is 5.97 Å². The van der Waals surface area contributed by atoms with Crippen molar-refractivity contribution in [2.24, 2.45) is 0 Å². The molecule has 4 nitrogen and oxygen atoms in total. The van der Waals surface area contributed by atoms with Gasteiger partial charge in [0.2, 0.25) is 0 Å². The Morgan fingerprint density at radius 3 is 2.50 bits per heavy atom. The van der Waals surface area contributed by atoms with Gasteiger partial charge in [0.25, 0.3) is 0 Å². The normalized spacial score (nSPS) is 11.5. The second-order valence-corrected chi connectivity index (χ2v) is 5.15. The van der Waals surface area contributed by atoms with Crippen molar-refractivity contribution in [3.05, 3.63) is 64.7 Å². The van der Waals surface area contributed by atoms with Crippen LogP contribution in [-0.2, 0) is 11.2 Å². The molecule has 0 aliphatic rings. The van der Waals surface area contributed by atoms with Crippen LogP contribution < -0.4 is 4.74 Å². The largest absolute Gasteiger partial charge is 0.496 e. The highest BCUT2D eigenvalue weighted by Gasteiger charge is 2.24. The number of hydrogen-bond acceptors (Lipinski definition) is 3. The average molecular weight is 295 g/mol. The molecule has 4 heteroatoms. The van der Waals surface area contributed by atoms with Crippen molar-refractivity contribution < 1.29 is 14.6 Å². The van der Waals surface area contributed by atoms with E-state index in [1.807, 2.05) is 19.1 Å². The second kappa shape index (κ2) is 6.77. The molecule has 1 atom stereocenters. The highest BCUT2D eigenvalue weighted by atomic mass is 16.5. The maximum atomic E-state index is 11.7. The Morgan fingerprint density at radius 1 is 1.27 bits per heavy atom. The van der Waals surface area contributed by atoms with Gasteiger partial charge in [-0.3, -0.25) is 4.79 Å². The van der Waals surface area contributed by atoms with Gasteiger partial charge in [-0.25, -0.2) is 0 Å². The summed E-state index contributed by atoms with van der Waals surface area (Å²) in [6, 6.07) is 14.6. The molecule has 0 bridgehead atoms. The SMILES string of the molecule is COc1ccc(C)cc1C(Cc1ccc(C#N)cc1)C(=O)O. The molecule has 0 saturated carbocycles. The third-order valence-corrected chi connectivity index (χ3v) is 3.58. The lowest BCUT2D eigenvalue weighted by Gasteiger charge is -2.17. The number of ether oxygens (including phenoxy) is 1. The standard InChI is InChI=1S/C18H17NO3/c1-12-3-8-17(22-2)15(9-12)16(18(20)21)10-13-4-6-14(11-19)7-5-13/h3-9,16H,10H2,1-2H3,(H,20,21). The molecule has 22 heavy (non-hydrogen) atoms. The van der Waals surface area contributed by atoms with Crippen LogP contribution in [0.15, 0.2) is 42.5 Å². The fourth-order valence-electron chi connectivity index (χ4n) is 2.41. The first-order valence-corrected chi connectivity index (χ1v) is 6.91. The van der Waals surface area contributed by atoms with Gasteiger partial charge in [-0.2, -0.15) is 5.26 Å². The average Bonchev–Trinajstić information content (AvgIpc) is 2.53. The highest BCUT2D eigenvalue weighted by molar-refractivity contribution is 5.78. The number of rotatable bonds is 5. The zero-order valence-corrected chi connectivity index (χ0v) is 12.5. The number of carboxylic acid groups (broad SMARTS) is 1. The summed E-state index contributed by atoms with van der Waals surface area (Å²) in [6.07, 6.45) is 0.348. The van der Waals surface area contributed by atoms with Crippen LogP contribution in [0, 0.1) is 18.3 Å². The molecule has 0 saturated heterocycles. The van der Waals surface area contributed by atoms with E-state index in [1.54, 1.807) is 30.3 Å². The van der Waals surface area contributed by atoms with E-state index >= 15 is 0 Å². The number of carbonyl (C=O) groups is 1. The first-order valence-electron chi connectivity index (χ1n) is 6.91. The van der Waals surface area contributed by atoms with Crippen LogP contribution in [0.5, 0.6) is 5.75 Å². The number of methoxy groups -OCH3 is 1. The monoisotopic (exact) mass is 295 g/mol. The van der Waals surface area contributed by atoms with Gasteiger partial charge in [-0.1, -0.05) is 29.8 Å². The molecule has 2 aromatic carbocycles. The number of hydrogen-bond donors (Lipinski definition) is 1. The predicted octanol–water partition coefficient (Wildman–Crippen LogP) is 3.29. The smallest absolute Gasteiger partial charge is 0.311 e. The van der Waals surface area contributed by atoms with E-state index < -0.39 is 11.9 Å². The summed E-state index contributed by atoms with van der Waals surface area (Å²) in [5.74, 6) is -1.01. The lowest BCUT2D eigenvalue weighted by molar-refractivity contribution is -0.138. The van der Waals surface area contributed by atoms with Gasteiger partial charge in [-0.05, 0) is 37.1 Å². The number of nitrogens with zero attached hydrogens (tertiary/aromatic N) is 1. The number of benzene rings is 2. The van der Waals surface area contributed by atoms with E-state index in [-0.39, 0.29) is 0 Å². The minimum atomic E-state index is -0.895. The molecule has 0 spiro atoms. The van der Waals surface area contributed by atoms with Gasteiger partial charge in [0, 0.05) is 5.56 Å². The fraction of sp³-hybridized carbons (Fsp3) is 0.222. The fourth-order valence-corrected chi connectivity index (χ4v) is 2.41. The maximum absolute atomic E-state index is 11.7. The molecule has 0 radical (unpaired) electrons. The second-order valence-electron chi connectivity index (χ2n) is 5.15. The lowest BCUT2D eigenvalue weighted by atomic mass is 9.90. The van der Waals surface area contributed by atoms with E-state index in [9.17, 15) is 9.90 Å². The summed E-state index contributed by atoms with van der Waals surface area (Å²) in [5.41, 5.74) is 3.08. The minimum Gasteiger partial charge on any atom is -0.496 e. The van der Waals surface area contributed by atoms with Crippen LogP contribution in [0.2, 0.25) is 0 Å². The molecule has 0 heterocycles. The minimum absolute atomic E-state index is 0.348. The Kier molecular flexibility index (Phi) is 4.80. The number of carboxylic acids is 1. The van der Waals surface area contributed by atoms with Gasteiger partial charge in [-0.15, -0.1) is 0 Å². The molecule has 112 valence electrons. The zero-order valence-electron chi connectivity index (χ0n) is 12.5. The third-order valence-electron chi connectivity index (χ3n) is 3.58. The first-order chi connectivity index (χ1) is 10.5. The van der Waals surface area contributed by atoms with Crippen LogP contribution in [0.4, 0.5) is 0 Å². The van der Waals surface area contributed by atoms with Gasteiger partial charge < -0.3 is 9.84 Å². The third kappa shape index (κ3) is 3.44. The molecule has 1 unspecified atom stereocenters. The molecule has 2 rings (SSSR count). The highest BCUT2D eigenvalue weighted by Crippen LogP contribution is 2.30. The summed E-state index contributed by atoms with van der Waals surface area (Å²) in [5, 5.41) is 18.4. The summed E-state index contributed by atoms with van der Waals surface area (Å²) in [7, 11) is 1.54. The van der Waals surface area contributed by atoms with E-state index in [2.05, 4.69) is 6.07 Å². The summed E-state index contributed by atoms with van der Waals surface area (Å²) >= 11 is 0. The van der Waals surface area contributed by atoms with E-state index in [0.29, 0.717) is 23.3 Å². The van der Waals surface area contributed by atoms with Crippen molar-refractivity contribution in [1.29, 1.82) is 5.26 Å². The summed E-state index contributed by atoms with van der Waals surface area (Å²) in [4.78, 5) is 11.7. The van der Waals surface area contributed by atoms with Crippen molar-refractivity contribution >= 4 is 5.97 Å². The van der Waals surface area contributed by atoms with Crippen LogP contribution in [0.3, 0.4) is 0 Å². The Hall–Kier alpha value is -2.80. The number of nitriles is 1. The molecule has 0 amide bonds. The van der Waals surface area contributed by atoms with Crippen molar-refractivity contribution in [3.63, 3.8) is 0 Å². The van der Waals surface area contributed by atoms with Gasteiger partial charge in [0.1, 0.15) is 5.75 Å². The number of aryl methyl sites for hydroxylation is 1. The Labute approximate surface area is 129 Å². The molecule has 2 aromatic rings. The molecular formula is C18H17NO3. The molecular weight excluding hydrogens is 278 g/mol. The van der Waals surface area contributed by atoms with E-state index in [1.165, 1.54) is 7.11 Å². The van der Waals surface area contributed by atoms with E-state index in [4.69, 9.17) is 10.00 Å². The van der Waals surface area contributed by atoms with Crippen molar-refractivity contribution in [2.45, 2.75) is 19.3 Å². The Balaban J connectivity index is 2.36. The molecule has 1 N–H and O–H groups in total. The Bertz CT molecular complexity index is 714. The summed E-state index contributed by atoms with van der Waals surface area (Å²) in [6.45, 7) is 1.92. The van der Waals surface area contributed by atoms with Crippen LogP contribution in [0.1, 0.15) is 28.2 Å². The lowest BCUT2D eigenvalue weighted by Crippen LogP contribution is -2.15. The predicted molar refractivity (Wildman–Crippen MR) is 83.0 cm³/mol. The molecule has 0 aliphatic heterocycles. The number of aliphatic carboxylic acids is 1.